The smallest absolute Gasteiger partial charge is 0.255 e. The Morgan fingerprint density at radius 1 is 1.03 bits per heavy atom. The Hall–Kier alpha value is -4.21. The molecule has 1 N–H and O–H groups in total. The molecule has 0 aliphatic rings. The van der Waals surface area contributed by atoms with Gasteiger partial charge in [0.2, 0.25) is 5.88 Å². The van der Waals surface area contributed by atoms with Crippen molar-refractivity contribution in [3.8, 4) is 28.8 Å². The fourth-order valence-corrected chi connectivity index (χ4v) is 3.11. The second kappa shape index (κ2) is 9.29. The van der Waals surface area contributed by atoms with Crippen molar-refractivity contribution in [3.63, 3.8) is 0 Å². The Labute approximate surface area is 182 Å². The van der Waals surface area contributed by atoms with Crippen LogP contribution in [0.3, 0.4) is 0 Å². The normalized spacial score (nSPS) is 10.7. The van der Waals surface area contributed by atoms with E-state index in [2.05, 4.69) is 20.6 Å². The third kappa shape index (κ3) is 4.29. The fraction of sp³-hybridized carbons (Fsp3) is 0.182. The van der Waals surface area contributed by atoms with Gasteiger partial charge in [0.1, 0.15) is 12.4 Å². The molecule has 0 saturated heterocycles. The molecule has 4 aromatic rings. The maximum Gasteiger partial charge on any atom is 0.255 e. The summed E-state index contributed by atoms with van der Waals surface area (Å²) in [5.41, 5.74) is 1.55. The number of hydrogen-bond acceptors (Lipinski definition) is 7. The molecule has 0 aliphatic carbocycles. The van der Waals surface area contributed by atoms with Crippen molar-refractivity contribution >= 4 is 11.6 Å². The number of carbonyl (C=O) groups is 1. The van der Waals surface area contributed by atoms with Gasteiger partial charge in [-0.1, -0.05) is 6.07 Å². The molecular weight excluding hydrogens is 417 g/mol. The number of methoxy groups -OCH3 is 2. The van der Waals surface area contributed by atoms with Crippen LogP contribution in [0.1, 0.15) is 10.4 Å². The number of nitrogens with one attached hydrogen (secondary N) is 1. The fourth-order valence-electron chi connectivity index (χ4n) is 3.11. The average molecular weight is 437 g/mol. The minimum Gasteiger partial charge on any atom is -0.493 e. The van der Waals surface area contributed by atoms with Crippen LogP contribution in [0.4, 0.5) is 4.39 Å². The van der Waals surface area contributed by atoms with Crippen LogP contribution in [0.5, 0.6) is 17.4 Å². The molecule has 0 aliphatic heterocycles. The van der Waals surface area contributed by atoms with E-state index in [0.29, 0.717) is 40.0 Å². The molecule has 2 aromatic heterocycles. The van der Waals surface area contributed by atoms with E-state index in [4.69, 9.17) is 14.2 Å². The monoisotopic (exact) mass is 437 g/mol. The predicted octanol–water partition coefficient (Wildman–Crippen LogP) is 2.76. The van der Waals surface area contributed by atoms with E-state index in [1.54, 1.807) is 42.5 Å². The highest BCUT2D eigenvalue weighted by molar-refractivity contribution is 5.97. The van der Waals surface area contributed by atoms with Gasteiger partial charge in [0.25, 0.3) is 5.91 Å². The number of amides is 1. The molecule has 164 valence electrons. The van der Waals surface area contributed by atoms with Crippen LogP contribution in [0, 0.1) is 5.82 Å². The van der Waals surface area contributed by atoms with Gasteiger partial charge in [0.15, 0.2) is 23.0 Å². The van der Waals surface area contributed by atoms with Crippen molar-refractivity contribution in [2.45, 2.75) is 0 Å². The first-order valence-electron chi connectivity index (χ1n) is 9.71. The quantitative estimate of drug-likeness (QED) is 0.423. The molecule has 2 aromatic carbocycles. The standard InChI is InChI=1S/C22H20FN5O4/c1-30-17-5-3-4-16(20(17)31-2)22(29)24-12-13-32-19-11-10-18-25-26-21(28(18)27-19)14-6-8-15(23)9-7-14/h3-11H,12-13H2,1-2H3,(H,24,29). The lowest BCUT2D eigenvalue weighted by Crippen LogP contribution is -2.28. The minimum absolute atomic E-state index is 0.185. The van der Waals surface area contributed by atoms with Crippen LogP contribution >= 0.6 is 0 Å². The molecule has 4 rings (SSSR count). The Morgan fingerprint density at radius 3 is 2.59 bits per heavy atom. The number of carbonyl (C=O) groups excluding carboxylic acids is 1. The van der Waals surface area contributed by atoms with Crippen LogP contribution in [-0.2, 0) is 0 Å². The lowest BCUT2D eigenvalue weighted by atomic mass is 10.1. The summed E-state index contributed by atoms with van der Waals surface area (Å²) in [6.07, 6.45) is 0. The van der Waals surface area contributed by atoms with E-state index in [1.165, 1.54) is 30.9 Å². The second-order valence-corrected chi connectivity index (χ2v) is 6.62. The zero-order chi connectivity index (χ0) is 22.5. The molecule has 0 saturated carbocycles. The number of hydrogen-bond donors (Lipinski definition) is 1. The molecule has 1 amide bonds. The zero-order valence-corrected chi connectivity index (χ0v) is 17.4. The number of benzene rings is 2. The Kier molecular flexibility index (Phi) is 6.11. The van der Waals surface area contributed by atoms with Gasteiger partial charge in [-0.2, -0.15) is 4.52 Å². The minimum atomic E-state index is -0.340. The second-order valence-electron chi connectivity index (χ2n) is 6.62. The van der Waals surface area contributed by atoms with Crippen LogP contribution in [0.15, 0.2) is 54.6 Å². The summed E-state index contributed by atoms with van der Waals surface area (Å²) >= 11 is 0. The van der Waals surface area contributed by atoms with Gasteiger partial charge in [-0.15, -0.1) is 15.3 Å². The van der Waals surface area contributed by atoms with Crippen molar-refractivity contribution in [1.82, 2.24) is 25.1 Å². The molecule has 0 atom stereocenters. The molecular formula is C22H20FN5O4. The lowest BCUT2D eigenvalue weighted by molar-refractivity contribution is 0.0942. The first-order valence-corrected chi connectivity index (χ1v) is 9.71. The van der Waals surface area contributed by atoms with Gasteiger partial charge in [-0.3, -0.25) is 4.79 Å². The Bertz CT molecular complexity index is 1240. The van der Waals surface area contributed by atoms with Crippen molar-refractivity contribution < 1.29 is 23.4 Å². The number of halogens is 1. The maximum absolute atomic E-state index is 13.2. The van der Waals surface area contributed by atoms with Crippen molar-refractivity contribution in [2.75, 3.05) is 27.4 Å². The Balaban J connectivity index is 1.40. The summed E-state index contributed by atoms with van der Waals surface area (Å²) in [4.78, 5) is 12.5. The number of rotatable bonds is 8. The highest BCUT2D eigenvalue weighted by Crippen LogP contribution is 2.30. The van der Waals surface area contributed by atoms with E-state index in [-0.39, 0.29) is 24.9 Å². The summed E-state index contributed by atoms with van der Waals surface area (Å²) in [6, 6.07) is 14.3. The molecule has 32 heavy (non-hydrogen) atoms. The van der Waals surface area contributed by atoms with Crippen molar-refractivity contribution in [3.05, 3.63) is 66.0 Å². The topological polar surface area (TPSA) is 99.9 Å². The first-order chi connectivity index (χ1) is 15.6. The molecule has 10 heteroatoms. The van der Waals surface area contributed by atoms with Gasteiger partial charge in [0.05, 0.1) is 26.3 Å². The highest BCUT2D eigenvalue weighted by Gasteiger charge is 2.16. The van der Waals surface area contributed by atoms with Crippen molar-refractivity contribution in [2.24, 2.45) is 0 Å². The highest BCUT2D eigenvalue weighted by atomic mass is 19.1. The van der Waals surface area contributed by atoms with E-state index < -0.39 is 0 Å². The van der Waals surface area contributed by atoms with Gasteiger partial charge in [-0.05, 0) is 42.5 Å². The van der Waals surface area contributed by atoms with Crippen LogP contribution < -0.4 is 19.5 Å². The number of ether oxygens (including phenoxy) is 3. The number of nitrogens with zero attached hydrogens (tertiary/aromatic N) is 4. The third-order valence-corrected chi connectivity index (χ3v) is 4.63. The van der Waals surface area contributed by atoms with E-state index in [1.807, 2.05) is 0 Å². The molecule has 0 spiro atoms. The van der Waals surface area contributed by atoms with E-state index in [0.717, 1.165) is 0 Å². The number of para-hydroxylation sites is 1. The average Bonchev–Trinajstić information content (AvgIpc) is 3.24. The first kappa shape index (κ1) is 21.0. The SMILES string of the molecule is COc1cccc(C(=O)NCCOc2ccc3nnc(-c4ccc(F)cc4)n3n2)c1OC. The summed E-state index contributed by atoms with van der Waals surface area (Å²) in [5.74, 6) is 0.970. The molecule has 2 heterocycles. The molecule has 0 unspecified atom stereocenters. The summed E-state index contributed by atoms with van der Waals surface area (Å²) in [7, 11) is 2.99. The maximum atomic E-state index is 13.2. The largest absolute Gasteiger partial charge is 0.493 e. The predicted molar refractivity (Wildman–Crippen MR) is 114 cm³/mol. The van der Waals surface area contributed by atoms with Gasteiger partial charge in [-0.25, -0.2) is 4.39 Å². The molecule has 9 nitrogen and oxygen atoms in total. The van der Waals surface area contributed by atoms with Crippen LogP contribution in [0.25, 0.3) is 17.0 Å². The molecule has 0 radical (unpaired) electrons. The van der Waals surface area contributed by atoms with Crippen molar-refractivity contribution in [1.29, 1.82) is 0 Å². The Morgan fingerprint density at radius 2 is 1.84 bits per heavy atom. The van der Waals surface area contributed by atoms with Crippen LogP contribution in [0.2, 0.25) is 0 Å². The van der Waals surface area contributed by atoms with Gasteiger partial charge in [0, 0.05) is 11.6 Å². The van der Waals surface area contributed by atoms with Gasteiger partial charge >= 0.3 is 0 Å². The van der Waals surface area contributed by atoms with Gasteiger partial charge < -0.3 is 19.5 Å². The van der Waals surface area contributed by atoms with E-state index >= 15 is 0 Å². The van der Waals surface area contributed by atoms with E-state index in [9.17, 15) is 9.18 Å². The number of aromatic nitrogens is 4. The third-order valence-electron chi connectivity index (χ3n) is 4.63. The molecule has 0 fully saturated rings. The summed E-state index contributed by atoms with van der Waals surface area (Å²) in [5, 5.41) is 15.3. The summed E-state index contributed by atoms with van der Waals surface area (Å²) in [6.45, 7) is 0.427. The lowest BCUT2D eigenvalue weighted by Gasteiger charge is -2.12. The molecule has 0 bridgehead atoms. The van der Waals surface area contributed by atoms with Crippen LogP contribution in [-0.4, -0.2) is 53.1 Å². The number of fused-ring (bicyclic) bond motifs is 1. The zero-order valence-electron chi connectivity index (χ0n) is 17.4. The summed E-state index contributed by atoms with van der Waals surface area (Å²) < 4.78 is 30.9.